The molecule has 0 atom stereocenters. The van der Waals surface area contributed by atoms with Gasteiger partial charge in [0, 0.05) is 43.9 Å². The van der Waals surface area contributed by atoms with Gasteiger partial charge >= 0.3 is 0 Å². The zero-order chi connectivity index (χ0) is 29.6. The van der Waals surface area contributed by atoms with Gasteiger partial charge in [-0.3, -0.25) is 4.98 Å². The van der Waals surface area contributed by atoms with Crippen molar-refractivity contribution >= 4 is 33.1 Å². The summed E-state index contributed by atoms with van der Waals surface area (Å²) in [7, 11) is 0. The Morgan fingerprint density at radius 3 is 2.61 bits per heavy atom. The van der Waals surface area contributed by atoms with Crippen molar-refractivity contribution in [2.45, 2.75) is 53.5 Å². The topological polar surface area (TPSA) is 56.7 Å². The molecule has 6 heteroatoms. The molecule has 4 aromatic heterocycles. The maximum atomic E-state index is 6.08. The molecule has 5 heterocycles. The SMILES string of the molecule is Cc1ccc2c(n1)oc1c(-c3cc(CC(C)(C)C)ccn3)[c-]ccc12.[Ir].[c-]1ccccc1-c1nc2cccc3c2n1CCC3. The van der Waals surface area contributed by atoms with Crippen molar-refractivity contribution in [2.75, 3.05) is 0 Å². The van der Waals surface area contributed by atoms with E-state index >= 15 is 0 Å². The van der Waals surface area contributed by atoms with E-state index in [9.17, 15) is 0 Å². The molecule has 0 N–H and O–H groups in total. The molecule has 0 saturated heterocycles. The molecular weight excluding hydrogens is 721 g/mol. The van der Waals surface area contributed by atoms with Crippen molar-refractivity contribution in [3.05, 3.63) is 114 Å². The first-order valence-corrected chi connectivity index (χ1v) is 15.0. The van der Waals surface area contributed by atoms with E-state index in [4.69, 9.17) is 9.40 Å². The maximum Gasteiger partial charge on any atom is 0.216 e. The van der Waals surface area contributed by atoms with Crippen LogP contribution in [-0.4, -0.2) is 19.5 Å². The number of nitrogens with zero attached hydrogens (tertiary/aromatic N) is 4. The third kappa shape index (κ3) is 5.85. The monoisotopic (exact) mass is 755 g/mol. The van der Waals surface area contributed by atoms with Gasteiger partial charge in [-0.2, -0.15) is 0 Å². The van der Waals surface area contributed by atoms with Gasteiger partial charge in [0.15, 0.2) is 0 Å². The predicted octanol–water partition coefficient (Wildman–Crippen LogP) is 9.19. The van der Waals surface area contributed by atoms with Crippen molar-refractivity contribution in [2.24, 2.45) is 5.41 Å². The summed E-state index contributed by atoms with van der Waals surface area (Å²) in [6.45, 7) is 9.76. The second-order valence-electron chi connectivity index (χ2n) is 12.5. The summed E-state index contributed by atoms with van der Waals surface area (Å²) in [5, 5.41) is 2.08. The van der Waals surface area contributed by atoms with Gasteiger partial charge in [-0.1, -0.05) is 55.5 Å². The standard InChI is InChI=1S/C22H21N2O.C16H13N2.Ir/c1-14-8-9-17-16-6-5-7-18(20(16)25-21(17)24-14)19-12-15(10-11-23-19)13-22(2,3)4;1-2-6-13(7-3-1)16-17-14-10-4-8-12-9-5-11-18(16)15(12)14;/h5-6,8-12H,13H2,1-4H3;1-4,6,8,10H,5,9,11H2;/q2*-1;. The molecule has 1 aliphatic heterocycles. The number of furan rings is 1. The molecule has 223 valence electrons. The van der Waals surface area contributed by atoms with E-state index in [1.54, 1.807) is 0 Å². The van der Waals surface area contributed by atoms with Gasteiger partial charge in [0.1, 0.15) is 0 Å². The van der Waals surface area contributed by atoms with Gasteiger partial charge in [0.05, 0.1) is 22.4 Å². The number of aryl methyl sites for hydroxylation is 3. The molecule has 0 aliphatic carbocycles. The maximum absolute atomic E-state index is 6.08. The average Bonchev–Trinajstić information content (AvgIpc) is 3.57. The minimum absolute atomic E-state index is 0. The first kappa shape index (κ1) is 29.9. The minimum Gasteiger partial charge on any atom is -0.486 e. The van der Waals surface area contributed by atoms with Crippen LogP contribution < -0.4 is 0 Å². The summed E-state index contributed by atoms with van der Waals surface area (Å²) in [5.41, 5.74) is 10.6. The third-order valence-electron chi connectivity index (χ3n) is 7.88. The normalized spacial score (nSPS) is 12.6. The summed E-state index contributed by atoms with van der Waals surface area (Å²) in [6.07, 6.45) is 5.23. The minimum atomic E-state index is 0. The first-order chi connectivity index (χ1) is 20.8. The van der Waals surface area contributed by atoms with Crippen LogP contribution in [0.25, 0.3) is 55.7 Å². The number of hydrogen-bond donors (Lipinski definition) is 0. The van der Waals surface area contributed by atoms with E-state index in [1.807, 2.05) is 49.5 Å². The second-order valence-corrected chi connectivity index (χ2v) is 12.5. The molecule has 0 amide bonds. The summed E-state index contributed by atoms with van der Waals surface area (Å²) in [5.74, 6) is 1.05. The summed E-state index contributed by atoms with van der Waals surface area (Å²) < 4.78 is 8.42. The van der Waals surface area contributed by atoms with E-state index in [0.29, 0.717) is 5.71 Å². The number of imidazole rings is 1. The average molecular weight is 755 g/mol. The second kappa shape index (κ2) is 12.1. The number of benzene rings is 3. The summed E-state index contributed by atoms with van der Waals surface area (Å²) >= 11 is 0. The van der Waals surface area contributed by atoms with E-state index < -0.39 is 0 Å². The first-order valence-electron chi connectivity index (χ1n) is 15.0. The smallest absolute Gasteiger partial charge is 0.216 e. The van der Waals surface area contributed by atoms with Crippen molar-refractivity contribution < 1.29 is 24.5 Å². The van der Waals surface area contributed by atoms with Gasteiger partial charge < -0.3 is 14.0 Å². The molecule has 1 aliphatic rings. The number of rotatable bonds is 3. The fourth-order valence-corrected chi connectivity index (χ4v) is 6.08. The fraction of sp³-hybridized carbons (Fsp3) is 0.237. The van der Waals surface area contributed by atoms with Crippen LogP contribution in [0.1, 0.15) is 44.0 Å². The van der Waals surface area contributed by atoms with E-state index in [-0.39, 0.29) is 25.5 Å². The molecule has 0 bridgehead atoms. The number of pyridine rings is 2. The molecule has 3 aromatic carbocycles. The van der Waals surface area contributed by atoms with Crippen LogP contribution in [0, 0.1) is 24.5 Å². The zero-order valence-electron chi connectivity index (χ0n) is 25.4. The molecule has 0 saturated carbocycles. The Kier molecular flexibility index (Phi) is 8.24. The summed E-state index contributed by atoms with van der Waals surface area (Å²) in [6, 6.07) is 33.4. The molecule has 7 aromatic rings. The van der Waals surface area contributed by atoms with Gasteiger partial charge in [0.2, 0.25) is 5.71 Å². The van der Waals surface area contributed by atoms with Crippen molar-refractivity contribution in [3.63, 3.8) is 0 Å². The fourth-order valence-electron chi connectivity index (χ4n) is 6.08. The quantitative estimate of drug-likeness (QED) is 0.169. The molecule has 44 heavy (non-hydrogen) atoms. The molecule has 0 unspecified atom stereocenters. The predicted molar refractivity (Wildman–Crippen MR) is 174 cm³/mol. The number of aromatic nitrogens is 4. The zero-order valence-corrected chi connectivity index (χ0v) is 27.8. The Morgan fingerprint density at radius 1 is 0.909 bits per heavy atom. The van der Waals surface area contributed by atoms with Crippen LogP contribution in [0.15, 0.2) is 89.5 Å². The van der Waals surface area contributed by atoms with Crippen LogP contribution in [0.4, 0.5) is 0 Å². The Hall–Kier alpha value is -4.12. The Balaban J connectivity index is 0.000000160. The van der Waals surface area contributed by atoms with Crippen LogP contribution in [-0.2, 0) is 39.5 Å². The molecule has 8 rings (SSSR count). The molecular formula is C38H34IrN4O-2. The summed E-state index contributed by atoms with van der Waals surface area (Å²) in [4.78, 5) is 13.9. The van der Waals surface area contributed by atoms with Crippen LogP contribution in [0.2, 0.25) is 0 Å². The molecule has 0 fully saturated rings. The number of fused-ring (bicyclic) bond motifs is 3. The van der Waals surface area contributed by atoms with E-state index in [0.717, 1.165) is 63.2 Å². The number of hydrogen-bond acceptors (Lipinski definition) is 4. The molecule has 5 nitrogen and oxygen atoms in total. The Labute approximate surface area is 271 Å². The Bertz CT molecular complexity index is 2090. The number of para-hydroxylation sites is 1. The van der Waals surface area contributed by atoms with Crippen LogP contribution in [0.5, 0.6) is 0 Å². The van der Waals surface area contributed by atoms with Gasteiger partial charge in [0.25, 0.3) is 0 Å². The molecule has 0 spiro atoms. The Morgan fingerprint density at radius 2 is 1.80 bits per heavy atom. The molecule has 1 radical (unpaired) electrons. The van der Waals surface area contributed by atoms with Crippen molar-refractivity contribution in [3.8, 4) is 22.6 Å². The van der Waals surface area contributed by atoms with E-state index in [1.165, 1.54) is 29.5 Å². The van der Waals surface area contributed by atoms with Crippen molar-refractivity contribution in [1.29, 1.82) is 0 Å². The van der Waals surface area contributed by atoms with E-state index in [2.05, 4.69) is 89.9 Å². The van der Waals surface area contributed by atoms with Crippen LogP contribution in [0.3, 0.4) is 0 Å². The third-order valence-corrected chi connectivity index (χ3v) is 7.88. The van der Waals surface area contributed by atoms with Gasteiger partial charge in [-0.05, 0) is 67.1 Å². The largest absolute Gasteiger partial charge is 0.486 e. The van der Waals surface area contributed by atoms with Gasteiger partial charge in [-0.15, -0.1) is 54.1 Å². The van der Waals surface area contributed by atoms with Crippen LogP contribution >= 0.6 is 0 Å². The van der Waals surface area contributed by atoms with Gasteiger partial charge in [-0.25, -0.2) is 4.98 Å². The van der Waals surface area contributed by atoms with Crippen molar-refractivity contribution in [1.82, 2.24) is 19.5 Å².